The number of carbonyl (C=O) groups excluding carboxylic acids is 1. The van der Waals surface area contributed by atoms with Gasteiger partial charge in [0.25, 0.3) is 0 Å². The number of benzene rings is 2. The van der Waals surface area contributed by atoms with Crippen molar-refractivity contribution in [1.29, 1.82) is 0 Å². The van der Waals surface area contributed by atoms with Crippen LogP contribution in [0.5, 0.6) is 0 Å². The molecule has 0 spiro atoms. The molecule has 0 saturated carbocycles. The van der Waals surface area contributed by atoms with E-state index in [0.717, 1.165) is 30.0 Å². The van der Waals surface area contributed by atoms with Gasteiger partial charge in [-0.15, -0.1) is 11.8 Å². The zero-order valence-corrected chi connectivity index (χ0v) is 15.6. The van der Waals surface area contributed by atoms with Crippen molar-refractivity contribution in [1.82, 2.24) is 5.32 Å². The van der Waals surface area contributed by atoms with Gasteiger partial charge in [-0.2, -0.15) is 0 Å². The van der Waals surface area contributed by atoms with Gasteiger partial charge in [-0.3, -0.25) is 4.79 Å². The van der Waals surface area contributed by atoms with E-state index in [2.05, 4.69) is 36.5 Å². The smallest absolute Gasteiger partial charge is 0.220 e. The van der Waals surface area contributed by atoms with E-state index in [1.165, 1.54) is 10.5 Å². The molecule has 128 valence electrons. The third-order valence-electron chi connectivity index (χ3n) is 3.75. The Labute approximate surface area is 154 Å². The van der Waals surface area contributed by atoms with Crippen LogP contribution >= 0.6 is 23.4 Å². The molecule has 0 aliphatic heterocycles. The molecule has 0 aliphatic carbocycles. The van der Waals surface area contributed by atoms with E-state index >= 15 is 0 Å². The van der Waals surface area contributed by atoms with Gasteiger partial charge in [0.2, 0.25) is 5.91 Å². The predicted molar refractivity (Wildman–Crippen MR) is 104 cm³/mol. The number of thioether (sulfide) groups is 1. The molecule has 0 aliphatic rings. The van der Waals surface area contributed by atoms with Gasteiger partial charge in [0.15, 0.2) is 0 Å². The number of halogens is 1. The Morgan fingerprint density at radius 1 is 1.12 bits per heavy atom. The summed E-state index contributed by atoms with van der Waals surface area (Å²) in [5.74, 6) is 1.08. The van der Waals surface area contributed by atoms with Crippen LogP contribution in [0.15, 0.2) is 59.5 Å². The van der Waals surface area contributed by atoms with Crippen molar-refractivity contribution in [2.24, 2.45) is 0 Å². The third kappa shape index (κ3) is 7.41. The fourth-order valence-electron chi connectivity index (χ4n) is 2.40. The lowest BCUT2D eigenvalue weighted by Crippen LogP contribution is -2.32. The number of carbonyl (C=O) groups is 1. The molecule has 0 bridgehead atoms. The standard InChI is InChI=1S/C20H24ClNOS/c1-16(9-10-17-6-3-2-4-7-17)22-20(23)8-5-15-24-19-13-11-18(21)12-14-19/h2-4,6-7,11-14,16H,5,8-10,15H2,1H3,(H,22,23)/t16-/m1/s1. The van der Waals surface area contributed by atoms with E-state index < -0.39 is 0 Å². The van der Waals surface area contributed by atoms with Gasteiger partial charge in [-0.25, -0.2) is 0 Å². The van der Waals surface area contributed by atoms with Crippen LogP contribution in [0, 0.1) is 0 Å². The molecule has 1 atom stereocenters. The number of hydrogen-bond acceptors (Lipinski definition) is 2. The minimum absolute atomic E-state index is 0.146. The molecular weight excluding hydrogens is 338 g/mol. The molecule has 2 rings (SSSR count). The zero-order valence-electron chi connectivity index (χ0n) is 14.0. The van der Waals surface area contributed by atoms with Gasteiger partial charge in [0, 0.05) is 22.4 Å². The Morgan fingerprint density at radius 2 is 1.83 bits per heavy atom. The van der Waals surface area contributed by atoms with Gasteiger partial charge >= 0.3 is 0 Å². The molecule has 4 heteroatoms. The van der Waals surface area contributed by atoms with Crippen LogP contribution in [0.2, 0.25) is 5.02 Å². The maximum absolute atomic E-state index is 12.0. The van der Waals surface area contributed by atoms with Crippen LogP contribution in [0.3, 0.4) is 0 Å². The molecule has 1 N–H and O–H groups in total. The molecule has 0 saturated heterocycles. The number of amides is 1. The van der Waals surface area contributed by atoms with Gasteiger partial charge in [-0.1, -0.05) is 41.9 Å². The lowest BCUT2D eigenvalue weighted by Gasteiger charge is -2.14. The first-order chi connectivity index (χ1) is 11.6. The van der Waals surface area contributed by atoms with Crippen LogP contribution in [0.25, 0.3) is 0 Å². The van der Waals surface area contributed by atoms with Crippen LogP contribution in [-0.4, -0.2) is 17.7 Å². The molecule has 0 radical (unpaired) electrons. The second-order valence-corrected chi connectivity index (χ2v) is 7.50. The first-order valence-electron chi connectivity index (χ1n) is 8.35. The molecule has 0 heterocycles. The van der Waals surface area contributed by atoms with Gasteiger partial charge in [-0.05, 0) is 61.8 Å². The van der Waals surface area contributed by atoms with Crippen molar-refractivity contribution < 1.29 is 4.79 Å². The Bertz CT molecular complexity index is 615. The average molecular weight is 362 g/mol. The van der Waals surface area contributed by atoms with E-state index in [4.69, 9.17) is 11.6 Å². The highest BCUT2D eigenvalue weighted by Crippen LogP contribution is 2.21. The second kappa shape index (κ2) is 10.4. The summed E-state index contributed by atoms with van der Waals surface area (Å²) in [5.41, 5.74) is 1.32. The Balaban J connectivity index is 1.58. The predicted octanol–water partition coefficient (Wildman–Crippen LogP) is 5.35. The van der Waals surface area contributed by atoms with Crippen molar-refractivity contribution in [3.63, 3.8) is 0 Å². The summed E-state index contributed by atoms with van der Waals surface area (Å²) >= 11 is 7.62. The van der Waals surface area contributed by atoms with Crippen LogP contribution < -0.4 is 5.32 Å². The Kier molecular flexibility index (Phi) is 8.20. The molecule has 2 aromatic carbocycles. The lowest BCUT2D eigenvalue weighted by molar-refractivity contribution is -0.121. The lowest BCUT2D eigenvalue weighted by atomic mass is 10.1. The summed E-state index contributed by atoms with van der Waals surface area (Å²) in [6.07, 6.45) is 3.42. The van der Waals surface area contributed by atoms with E-state index in [1.54, 1.807) is 11.8 Å². The van der Waals surface area contributed by atoms with Gasteiger partial charge in [0.1, 0.15) is 0 Å². The number of rotatable bonds is 9. The highest BCUT2D eigenvalue weighted by Gasteiger charge is 2.07. The van der Waals surface area contributed by atoms with Crippen LogP contribution in [0.1, 0.15) is 31.7 Å². The minimum atomic E-state index is 0.146. The summed E-state index contributed by atoms with van der Waals surface area (Å²) in [4.78, 5) is 13.2. The monoisotopic (exact) mass is 361 g/mol. The van der Waals surface area contributed by atoms with Crippen molar-refractivity contribution in [2.45, 2.75) is 43.5 Å². The molecule has 0 aromatic heterocycles. The average Bonchev–Trinajstić information content (AvgIpc) is 2.59. The topological polar surface area (TPSA) is 29.1 Å². The van der Waals surface area contributed by atoms with Crippen molar-refractivity contribution in [3.8, 4) is 0 Å². The number of hydrogen-bond donors (Lipinski definition) is 1. The summed E-state index contributed by atoms with van der Waals surface area (Å²) in [7, 11) is 0. The summed E-state index contributed by atoms with van der Waals surface area (Å²) in [6.45, 7) is 2.07. The minimum Gasteiger partial charge on any atom is -0.354 e. The summed E-state index contributed by atoms with van der Waals surface area (Å²) in [6, 6.07) is 18.4. The summed E-state index contributed by atoms with van der Waals surface area (Å²) < 4.78 is 0. The largest absolute Gasteiger partial charge is 0.354 e. The van der Waals surface area contributed by atoms with Gasteiger partial charge in [0.05, 0.1) is 0 Å². The Hall–Kier alpha value is -1.45. The zero-order chi connectivity index (χ0) is 17.2. The van der Waals surface area contributed by atoms with Crippen molar-refractivity contribution in [3.05, 3.63) is 65.2 Å². The van der Waals surface area contributed by atoms with Gasteiger partial charge < -0.3 is 5.32 Å². The quantitative estimate of drug-likeness (QED) is 0.481. The molecule has 1 amide bonds. The highest BCUT2D eigenvalue weighted by atomic mass is 35.5. The van der Waals surface area contributed by atoms with E-state index in [1.807, 2.05) is 30.3 Å². The number of aryl methyl sites for hydroxylation is 1. The van der Waals surface area contributed by atoms with E-state index in [-0.39, 0.29) is 11.9 Å². The third-order valence-corrected chi connectivity index (χ3v) is 5.10. The second-order valence-electron chi connectivity index (χ2n) is 5.90. The SMILES string of the molecule is C[C@H](CCc1ccccc1)NC(=O)CCCSc1ccc(Cl)cc1. The molecule has 2 nitrogen and oxygen atoms in total. The molecule has 24 heavy (non-hydrogen) atoms. The summed E-state index contributed by atoms with van der Waals surface area (Å²) in [5, 5.41) is 3.84. The van der Waals surface area contributed by atoms with E-state index in [9.17, 15) is 4.79 Å². The molecule has 0 unspecified atom stereocenters. The first kappa shape index (κ1) is 18.9. The maximum atomic E-state index is 12.0. The van der Waals surface area contributed by atoms with Crippen LogP contribution in [0.4, 0.5) is 0 Å². The first-order valence-corrected chi connectivity index (χ1v) is 9.71. The molecule has 2 aromatic rings. The van der Waals surface area contributed by atoms with E-state index in [0.29, 0.717) is 6.42 Å². The van der Waals surface area contributed by atoms with Crippen molar-refractivity contribution >= 4 is 29.3 Å². The highest BCUT2D eigenvalue weighted by molar-refractivity contribution is 7.99. The molecule has 0 fully saturated rings. The van der Waals surface area contributed by atoms with Crippen molar-refractivity contribution in [2.75, 3.05) is 5.75 Å². The normalized spacial score (nSPS) is 11.9. The fraction of sp³-hybridized carbons (Fsp3) is 0.350. The number of nitrogens with one attached hydrogen (secondary N) is 1. The maximum Gasteiger partial charge on any atom is 0.220 e. The Morgan fingerprint density at radius 3 is 2.54 bits per heavy atom. The fourth-order valence-corrected chi connectivity index (χ4v) is 3.38. The molecular formula is C20H24ClNOS. The van der Waals surface area contributed by atoms with Crippen LogP contribution in [-0.2, 0) is 11.2 Å².